The van der Waals surface area contributed by atoms with Gasteiger partial charge in [0.1, 0.15) is 9.71 Å². The van der Waals surface area contributed by atoms with Crippen molar-refractivity contribution in [3.8, 4) is 0 Å². The van der Waals surface area contributed by atoms with Crippen molar-refractivity contribution < 1.29 is 8.42 Å². The van der Waals surface area contributed by atoms with Gasteiger partial charge in [0.05, 0.1) is 6.04 Å². The van der Waals surface area contributed by atoms with Gasteiger partial charge in [0.25, 0.3) is 0 Å². The minimum absolute atomic E-state index is 0.106. The molecule has 1 aliphatic rings. The van der Waals surface area contributed by atoms with E-state index in [0.29, 0.717) is 16.6 Å². The van der Waals surface area contributed by atoms with Crippen LogP contribution in [0.1, 0.15) is 17.8 Å². The second-order valence-electron chi connectivity index (χ2n) is 4.74. The largest absolute Gasteiger partial charge is 0.329 e. The zero-order valence-electron chi connectivity index (χ0n) is 11.6. The van der Waals surface area contributed by atoms with Crippen molar-refractivity contribution in [3.05, 3.63) is 19.8 Å². The number of rotatable bonds is 5. The molecule has 1 fully saturated rings. The van der Waals surface area contributed by atoms with Crippen LogP contribution in [0.5, 0.6) is 0 Å². The summed E-state index contributed by atoms with van der Waals surface area (Å²) in [6.45, 7) is 2.80. The number of thiophene rings is 1. The lowest BCUT2D eigenvalue weighted by atomic mass is 10.2. The van der Waals surface area contributed by atoms with Crippen LogP contribution >= 0.6 is 50.6 Å². The molecule has 0 amide bonds. The van der Waals surface area contributed by atoms with Gasteiger partial charge in [-0.1, -0.05) is 18.5 Å². The Labute approximate surface area is 147 Å². The van der Waals surface area contributed by atoms with Crippen LogP contribution in [0.25, 0.3) is 0 Å². The van der Waals surface area contributed by atoms with Crippen molar-refractivity contribution in [2.24, 2.45) is 5.73 Å². The molecular formula is C12H18BrClN2O2S3. The summed E-state index contributed by atoms with van der Waals surface area (Å²) < 4.78 is 26.2. The number of hydrogen-bond donors (Lipinski definition) is 1. The Bertz CT molecular complexity index is 574. The lowest BCUT2D eigenvalue weighted by molar-refractivity contribution is 0.200. The molecule has 120 valence electrons. The molecule has 4 nitrogen and oxygen atoms in total. The van der Waals surface area contributed by atoms with E-state index in [0.717, 1.165) is 21.6 Å². The molecule has 2 atom stereocenters. The van der Waals surface area contributed by atoms with E-state index in [1.54, 1.807) is 18.7 Å². The maximum Gasteiger partial charge on any atom is 0.166 e. The molecule has 1 saturated heterocycles. The van der Waals surface area contributed by atoms with Crippen LogP contribution in [0.15, 0.2) is 10.5 Å². The average molecular weight is 434 g/mol. The molecule has 0 aliphatic carbocycles. The third-order valence-electron chi connectivity index (χ3n) is 3.56. The summed E-state index contributed by atoms with van der Waals surface area (Å²) >= 11 is 12.7. The highest BCUT2D eigenvalue weighted by atomic mass is 79.9. The third kappa shape index (κ3) is 3.97. The Kier molecular flexibility index (Phi) is 6.45. The average Bonchev–Trinajstić information content (AvgIpc) is 2.79. The van der Waals surface area contributed by atoms with Crippen LogP contribution in [0.2, 0.25) is 4.34 Å². The molecule has 1 aromatic rings. The molecule has 2 rings (SSSR count). The minimum Gasteiger partial charge on any atom is -0.329 e. The maximum atomic E-state index is 12.4. The summed E-state index contributed by atoms with van der Waals surface area (Å²) in [5, 5.41) is -0.463. The van der Waals surface area contributed by atoms with E-state index in [9.17, 15) is 8.42 Å². The first-order valence-corrected chi connectivity index (χ1v) is 11.5. The Balaban J connectivity index is 2.34. The van der Waals surface area contributed by atoms with Crippen molar-refractivity contribution in [2.45, 2.75) is 18.3 Å². The van der Waals surface area contributed by atoms with Gasteiger partial charge in [-0.2, -0.15) is 11.8 Å². The molecule has 2 unspecified atom stereocenters. The molecule has 21 heavy (non-hydrogen) atoms. The van der Waals surface area contributed by atoms with E-state index < -0.39 is 15.2 Å². The van der Waals surface area contributed by atoms with Crippen LogP contribution in [0, 0.1) is 0 Å². The second-order valence-corrected chi connectivity index (χ2v) is 10.9. The van der Waals surface area contributed by atoms with Gasteiger partial charge < -0.3 is 5.73 Å². The summed E-state index contributed by atoms with van der Waals surface area (Å²) in [5.74, 6) is 1.68. The lowest BCUT2D eigenvalue weighted by Gasteiger charge is -2.39. The predicted octanol–water partition coefficient (Wildman–Crippen LogP) is 2.97. The highest BCUT2D eigenvalue weighted by molar-refractivity contribution is 9.10. The lowest BCUT2D eigenvalue weighted by Crippen LogP contribution is -2.50. The summed E-state index contributed by atoms with van der Waals surface area (Å²) in [5.41, 5.74) is 5.95. The Morgan fingerprint density at radius 1 is 1.62 bits per heavy atom. The van der Waals surface area contributed by atoms with Gasteiger partial charge in [-0.05, 0) is 22.0 Å². The Morgan fingerprint density at radius 3 is 2.86 bits per heavy atom. The van der Waals surface area contributed by atoms with Crippen LogP contribution in [-0.4, -0.2) is 49.0 Å². The van der Waals surface area contributed by atoms with Crippen LogP contribution in [0.3, 0.4) is 0 Å². The molecule has 0 spiro atoms. The standard InChI is InChI=1S/C12H18BrClN2O2S3/c1-2-21(17,18)11-7-19-4-3-16(11)9(6-15)10-5-8(13)12(14)20-10/h5,9,11H,2-4,6-7,15H2,1H3. The molecule has 1 aromatic heterocycles. The number of sulfone groups is 1. The molecular weight excluding hydrogens is 416 g/mol. The number of halogens is 2. The summed E-state index contributed by atoms with van der Waals surface area (Å²) in [7, 11) is -3.13. The number of thioether (sulfide) groups is 1. The van der Waals surface area contributed by atoms with Crippen LogP contribution in [0.4, 0.5) is 0 Å². The van der Waals surface area contributed by atoms with E-state index in [-0.39, 0.29) is 11.8 Å². The van der Waals surface area contributed by atoms with Gasteiger partial charge in [0, 0.05) is 39.7 Å². The minimum atomic E-state index is -3.13. The quantitative estimate of drug-likeness (QED) is 0.773. The van der Waals surface area contributed by atoms with Crippen LogP contribution < -0.4 is 5.73 Å². The van der Waals surface area contributed by atoms with Gasteiger partial charge >= 0.3 is 0 Å². The van der Waals surface area contributed by atoms with E-state index in [2.05, 4.69) is 15.9 Å². The fraction of sp³-hybridized carbons (Fsp3) is 0.667. The molecule has 0 saturated carbocycles. The third-order valence-corrected chi connectivity index (χ3v) is 9.44. The monoisotopic (exact) mass is 432 g/mol. The number of nitrogens with two attached hydrogens (primary N) is 1. The number of nitrogens with zero attached hydrogens (tertiary/aromatic N) is 1. The first kappa shape index (κ1) is 18.0. The zero-order chi connectivity index (χ0) is 15.6. The van der Waals surface area contributed by atoms with Crippen molar-refractivity contribution in [2.75, 3.05) is 30.3 Å². The van der Waals surface area contributed by atoms with E-state index >= 15 is 0 Å². The second kappa shape index (κ2) is 7.51. The maximum absolute atomic E-state index is 12.4. The van der Waals surface area contributed by atoms with E-state index in [1.165, 1.54) is 11.3 Å². The SMILES string of the molecule is CCS(=O)(=O)C1CSCCN1C(CN)c1cc(Br)c(Cl)s1. The summed E-state index contributed by atoms with van der Waals surface area (Å²) in [4.78, 5) is 3.04. The van der Waals surface area contributed by atoms with Crippen molar-refractivity contribution in [3.63, 3.8) is 0 Å². The fourth-order valence-corrected chi connectivity index (χ4v) is 7.33. The fourth-order valence-electron chi connectivity index (χ4n) is 2.40. The molecule has 0 radical (unpaired) electrons. The molecule has 1 aliphatic heterocycles. The highest BCUT2D eigenvalue weighted by Gasteiger charge is 2.37. The molecule has 2 N–H and O–H groups in total. The Hall–Kier alpha value is 0.690. The van der Waals surface area contributed by atoms with Gasteiger partial charge in [0.2, 0.25) is 0 Å². The topological polar surface area (TPSA) is 63.4 Å². The van der Waals surface area contributed by atoms with Crippen molar-refractivity contribution in [1.29, 1.82) is 0 Å². The summed E-state index contributed by atoms with van der Waals surface area (Å²) in [6.07, 6.45) is 0. The normalized spacial score (nSPS) is 22.4. The van der Waals surface area contributed by atoms with E-state index in [4.69, 9.17) is 17.3 Å². The predicted molar refractivity (Wildman–Crippen MR) is 96.1 cm³/mol. The van der Waals surface area contributed by atoms with E-state index in [1.807, 2.05) is 11.0 Å². The highest BCUT2D eigenvalue weighted by Crippen LogP contribution is 2.39. The molecule has 9 heteroatoms. The van der Waals surface area contributed by atoms with Gasteiger partial charge in [-0.25, -0.2) is 8.42 Å². The molecule has 2 heterocycles. The number of hydrogen-bond acceptors (Lipinski definition) is 6. The Morgan fingerprint density at radius 2 is 2.33 bits per heavy atom. The molecule has 0 aromatic carbocycles. The van der Waals surface area contributed by atoms with Crippen LogP contribution in [-0.2, 0) is 9.84 Å². The summed E-state index contributed by atoms with van der Waals surface area (Å²) in [6, 6.07) is 1.84. The van der Waals surface area contributed by atoms with Crippen molar-refractivity contribution >= 4 is 60.5 Å². The molecule has 0 bridgehead atoms. The zero-order valence-corrected chi connectivity index (χ0v) is 16.4. The van der Waals surface area contributed by atoms with Crippen molar-refractivity contribution in [1.82, 2.24) is 4.90 Å². The first-order valence-electron chi connectivity index (χ1n) is 6.60. The smallest absolute Gasteiger partial charge is 0.166 e. The van der Waals surface area contributed by atoms with Gasteiger partial charge in [-0.15, -0.1) is 11.3 Å². The van der Waals surface area contributed by atoms with Gasteiger partial charge in [0.15, 0.2) is 9.84 Å². The first-order chi connectivity index (χ1) is 9.90. The van der Waals surface area contributed by atoms with Gasteiger partial charge in [-0.3, -0.25) is 4.90 Å².